The van der Waals surface area contributed by atoms with E-state index in [0.717, 1.165) is 32.1 Å². The van der Waals surface area contributed by atoms with Crippen LogP contribution in [0.2, 0.25) is 0 Å². The fourth-order valence-electron chi connectivity index (χ4n) is 8.75. The Bertz CT molecular complexity index is 871. The highest BCUT2D eigenvalue weighted by Gasteiger charge is 2.20. The number of nitrogens with one attached hydrogen (secondary N) is 1. The average Bonchev–Trinajstić information content (AvgIpc) is 3.25. The molecule has 60 heavy (non-hydrogen) atoms. The molecule has 0 aromatic rings. The van der Waals surface area contributed by atoms with Crippen molar-refractivity contribution in [2.75, 3.05) is 6.61 Å². The van der Waals surface area contributed by atoms with Crippen LogP contribution in [0.1, 0.15) is 309 Å². The van der Waals surface area contributed by atoms with E-state index in [2.05, 4.69) is 43.5 Å². The van der Waals surface area contributed by atoms with Crippen LogP contribution in [0.25, 0.3) is 0 Å². The first-order valence-corrected chi connectivity index (χ1v) is 27.5. The van der Waals surface area contributed by atoms with Gasteiger partial charge in [-0.1, -0.05) is 282 Å². The summed E-state index contributed by atoms with van der Waals surface area (Å²) in [5.74, 6) is -0.0352. The van der Waals surface area contributed by atoms with Gasteiger partial charge in [-0.05, 0) is 44.9 Å². The van der Waals surface area contributed by atoms with E-state index in [1.54, 1.807) is 0 Å². The van der Waals surface area contributed by atoms with Crippen LogP contribution in [-0.2, 0) is 4.79 Å². The number of aliphatic hydroxyl groups is 2. The van der Waals surface area contributed by atoms with Crippen LogP contribution in [0.3, 0.4) is 0 Å². The Morgan fingerprint density at radius 2 is 0.683 bits per heavy atom. The Labute approximate surface area is 377 Å². The minimum Gasteiger partial charge on any atom is -0.394 e. The summed E-state index contributed by atoms with van der Waals surface area (Å²) in [4.78, 5) is 12.5. The Hall–Kier alpha value is -1.13. The summed E-state index contributed by atoms with van der Waals surface area (Å²) >= 11 is 0. The average molecular weight is 844 g/mol. The van der Waals surface area contributed by atoms with E-state index < -0.39 is 12.1 Å². The lowest BCUT2D eigenvalue weighted by Crippen LogP contribution is -2.45. The van der Waals surface area contributed by atoms with Crippen LogP contribution in [0, 0.1) is 0 Å². The monoisotopic (exact) mass is 844 g/mol. The van der Waals surface area contributed by atoms with Crippen LogP contribution >= 0.6 is 0 Å². The standard InChI is InChI=1S/C56H109NO3/c1-3-5-7-9-11-13-15-17-19-21-23-24-25-26-27-28-29-30-31-32-33-34-35-37-39-41-43-45-47-49-51-55(59)54(53-58)57-56(60)52-50-48-46-44-42-40-38-36-22-20-18-16-14-12-10-8-6-4-2/h14,16,20,22,54-55,58-59H,3-13,15,17-19,21,23-53H2,1-2H3,(H,57,60)/b16-14-,22-20-. The summed E-state index contributed by atoms with van der Waals surface area (Å²) < 4.78 is 0. The van der Waals surface area contributed by atoms with Crippen molar-refractivity contribution < 1.29 is 15.0 Å². The number of allylic oxidation sites excluding steroid dienone is 4. The molecule has 0 aliphatic carbocycles. The molecule has 0 saturated heterocycles. The van der Waals surface area contributed by atoms with E-state index in [1.165, 1.54) is 250 Å². The molecule has 0 aromatic heterocycles. The lowest BCUT2D eigenvalue weighted by molar-refractivity contribution is -0.123. The number of carbonyl (C=O) groups is 1. The second-order valence-corrected chi connectivity index (χ2v) is 19.0. The van der Waals surface area contributed by atoms with Crippen LogP contribution in [0.15, 0.2) is 24.3 Å². The zero-order chi connectivity index (χ0) is 43.5. The van der Waals surface area contributed by atoms with E-state index in [0.29, 0.717) is 12.8 Å². The molecule has 356 valence electrons. The van der Waals surface area contributed by atoms with E-state index >= 15 is 0 Å². The van der Waals surface area contributed by atoms with Gasteiger partial charge >= 0.3 is 0 Å². The van der Waals surface area contributed by atoms with Gasteiger partial charge in [0.15, 0.2) is 0 Å². The highest BCUT2D eigenvalue weighted by atomic mass is 16.3. The van der Waals surface area contributed by atoms with Gasteiger partial charge < -0.3 is 15.5 Å². The maximum atomic E-state index is 12.5. The smallest absolute Gasteiger partial charge is 0.220 e. The summed E-state index contributed by atoms with van der Waals surface area (Å²) in [6, 6.07) is -0.540. The Morgan fingerprint density at radius 1 is 0.400 bits per heavy atom. The third-order valence-corrected chi connectivity index (χ3v) is 13.0. The van der Waals surface area contributed by atoms with E-state index in [1.807, 2.05) is 0 Å². The quantitative estimate of drug-likeness (QED) is 0.0422. The van der Waals surface area contributed by atoms with Crippen molar-refractivity contribution >= 4 is 5.91 Å². The molecule has 2 unspecified atom stereocenters. The summed E-state index contributed by atoms with van der Waals surface area (Å²) in [5.41, 5.74) is 0. The van der Waals surface area contributed by atoms with Crippen molar-refractivity contribution in [3.05, 3.63) is 24.3 Å². The highest BCUT2D eigenvalue weighted by Crippen LogP contribution is 2.18. The molecule has 0 bridgehead atoms. The topological polar surface area (TPSA) is 69.6 Å². The van der Waals surface area contributed by atoms with E-state index in [4.69, 9.17) is 0 Å². The Balaban J connectivity index is 3.42. The van der Waals surface area contributed by atoms with Gasteiger partial charge in [-0.3, -0.25) is 4.79 Å². The van der Waals surface area contributed by atoms with Crippen molar-refractivity contribution in [1.29, 1.82) is 0 Å². The largest absolute Gasteiger partial charge is 0.394 e. The normalized spacial score (nSPS) is 12.9. The maximum absolute atomic E-state index is 12.5. The number of aliphatic hydroxyl groups excluding tert-OH is 2. The van der Waals surface area contributed by atoms with Crippen LogP contribution < -0.4 is 5.32 Å². The second kappa shape index (κ2) is 52.2. The fraction of sp³-hybridized carbons (Fsp3) is 0.911. The molecule has 0 saturated carbocycles. The Kier molecular flexibility index (Phi) is 51.2. The van der Waals surface area contributed by atoms with Crippen molar-refractivity contribution in [2.45, 2.75) is 321 Å². The molecule has 4 heteroatoms. The number of rotatable bonds is 51. The fourth-order valence-corrected chi connectivity index (χ4v) is 8.75. The summed E-state index contributed by atoms with van der Waals surface area (Å²) in [6.07, 6.45) is 68.8. The van der Waals surface area contributed by atoms with Crippen molar-refractivity contribution in [2.24, 2.45) is 0 Å². The zero-order valence-electron chi connectivity index (χ0n) is 41.0. The number of carbonyl (C=O) groups excluding carboxylic acids is 1. The maximum Gasteiger partial charge on any atom is 0.220 e. The molecule has 0 spiro atoms. The van der Waals surface area contributed by atoms with E-state index in [-0.39, 0.29) is 12.5 Å². The molecule has 4 nitrogen and oxygen atoms in total. The van der Waals surface area contributed by atoms with Crippen molar-refractivity contribution in [3.63, 3.8) is 0 Å². The van der Waals surface area contributed by atoms with Gasteiger partial charge in [0.2, 0.25) is 5.91 Å². The Morgan fingerprint density at radius 3 is 1.02 bits per heavy atom. The summed E-state index contributed by atoms with van der Waals surface area (Å²) in [5, 5.41) is 23.3. The zero-order valence-corrected chi connectivity index (χ0v) is 41.0. The van der Waals surface area contributed by atoms with Gasteiger partial charge in [-0.2, -0.15) is 0 Å². The minimum atomic E-state index is -0.663. The summed E-state index contributed by atoms with van der Waals surface area (Å²) in [7, 11) is 0. The molecule has 3 N–H and O–H groups in total. The first-order valence-electron chi connectivity index (χ1n) is 27.5. The van der Waals surface area contributed by atoms with Gasteiger partial charge in [0.25, 0.3) is 0 Å². The first-order chi connectivity index (χ1) is 29.7. The molecule has 0 aromatic carbocycles. The predicted octanol–water partition coefficient (Wildman–Crippen LogP) is 17.9. The van der Waals surface area contributed by atoms with Crippen LogP contribution in [-0.4, -0.2) is 34.9 Å². The molecule has 0 aliphatic rings. The van der Waals surface area contributed by atoms with Crippen molar-refractivity contribution in [1.82, 2.24) is 5.32 Å². The van der Waals surface area contributed by atoms with Gasteiger partial charge in [0.1, 0.15) is 0 Å². The van der Waals surface area contributed by atoms with Crippen LogP contribution in [0.4, 0.5) is 0 Å². The van der Waals surface area contributed by atoms with Gasteiger partial charge in [-0.15, -0.1) is 0 Å². The SMILES string of the molecule is CCCCCC/C=C\C/C=C\CCCCCCCCCC(=O)NC(CO)C(O)CCCCCCCCCCCCCCCCCCCCCCCCCCCCCCCC. The van der Waals surface area contributed by atoms with Gasteiger partial charge in [0.05, 0.1) is 18.8 Å². The van der Waals surface area contributed by atoms with Gasteiger partial charge in [-0.25, -0.2) is 0 Å². The lowest BCUT2D eigenvalue weighted by atomic mass is 10.0. The predicted molar refractivity (Wildman–Crippen MR) is 267 cm³/mol. The number of hydrogen-bond donors (Lipinski definition) is 3. The van der Waals surface area contributed by atoms with E-state index in [9.17, 15) is 15.0 Å². The van der Waals surface area contributed by atoms with Crippen molar-refractivity contribution in [3.8, 4) is 0 Å². The molecule has 0 aliphatic heterocycles. The molecule has 0 radical (unpaired) electrons. The first kappa shape index (κ1) is 58.9. The lowest BCUT2D eigenvalue weighted by Gasteiger charge is -2.22. The third-order valence-electron chi connectivity index (χ3n) is 13.0. The summed E-state index contributed by atoms with van der Waals surface area (Å²) in [6.45, 7) is 4.37. The third kappa shape index (κ3) is 47.9. The molecule has 1 amide bonds. The molecule has 0 rings (SSSR count). The number of amides is 1. The molecule has 2 atom stereocenters. The molecule has 0 heterocycles. The van der Waals surface area contributed by atoms with Gasteiger partial charge in [0, 0.05) is 6.42 Å². The molecule has 0 fully saturated rings. The number of hydrogen-bond acceptors (Lipinski definition) is 3. The highest BCUT2D eigenvalue weighted by molar-refractivity contribution is 5.76. The molecular formula is C56H109NO3. The second-order valence-electron chi connectivity index (χ2n) is 19.0. The molecular weight excluding hydrogens is 735 g/mol. The minimum absolute atomic E-state index is 0.0352. The number of unbranched alkanes of at least 4 members (excludes halogenated alkanes) is 40. The van der Waals surface area contributed by atoms with Crippen LogP contribution in [0.5, 0.6) is 0 Å².